The summed E-state index contributed by atoms with van der Waals surface area (Å²) in [4.78, 5) is 14.9. The number of hydrogen-bond acceptors (Lipinski definition) is 2. The number of nitrogens with two attached hydrogens (primary N) is 1. The van der Waals surface area contributed by atoms with Gasteiger partial charge in [-0.25, -0.2) is 5.10 Å². The molecule has 0 saturated heterocycles. The lowest BCUT2D eigenvalue weighted by Gasteiger charge is -1.87. The summed E-state index contributed by atoms with van der Waals surface area (Å²) in [6.45, 7) is 1.92. The zero-order chi connectivity index (χ0) is 9.42. The molecular formula is C8H9N4O+. The molecule has 2 heterocycles. The third kappa shape index (κ3) is 1.24. The number of H-pyrrole nitrogens is 1. The fraction of sp³-hybridized carbons (Fsp3) is 0.125. The Morgan fingerprint density at radius 2 is 2.46 bits per heavy atom. The largest absolute Gasteiger partial charge is 0.365 e. The number of fused-ring (bicyclic) bond motifs is 1. The Balaban J connectivity index is 2.67. The van der Waals surface area contributed by atoms with Crippen LogP contribution in [-0.2, 0) is 0 Å². The average molecular weight is 177 g/mol. The van der Waals surface area contributed by atoms with Gasteiger partial charge in [-0.05, 0) is 11.9 Å². The van der Waals surface area contributed by atoms with Crippen LogP contribution in [0.1, 0.15) is 16.1 Å². The van der Waals surface area contributed by atoms with Crippen LogP contribution in [0.5, 0.6) is 0 Å². The number of carbonyl (C=O) groups is 1. The Morgan fingerprint density at radius 3 is 3.15 bits per heavy atom. The summed E-state index contributed by atoms with van der Waals surface area (Å²) in [6, 6.07) is 1.88. The van der Waals surface area contributed by atoms with Crippen molar-refractivity contribution in [1.29, 1.82) is 0 Å². The Labute approximate surface area is 74.2 Å². The highest BCUT2D eigenvalue weighted by molar-refractivity contribution is 5.91. The Kier molecular flexibility index (Phi) is 1.51. The first-order valence-electron chi connectivity index (χ1n) is 3.83. The van der Waals surface area contributed by atoms with Crippen LogP contribution in [0.2, 0.25) is 0 Å². The molecule has 0 aliphatic carbocycles. The van der Waals surface area contributed by atoms with Gasteiger partial charge in [0.2, 0.25) is 0 Å². The van der Waals surface area contributed by atoms with E-state index >= 15 is 0 Å². The smallest absolute Gasteiger partial charge is 0.348 e. The van der Waals surface area contributed by atoms with E-state index in [1.54, 1.807) is 10.7 Å². The maximum atomic E-state index is 10.8. The SMILES string of the molecule is Cc1cc2ncc(C(N)=O)c[n+]2[nH]1. The van der Waals surface area contributed by atoms with Crippen LogP contribution < -0.4 is 10.2 Å². The van der Waals surface area contributed by atoms with Gasteiger partial charge in [-0.1, -0.05) is 0 Å². The normalized spacial score (nSPS) is 10.5. The van der Waals surface area contributed by atoms with Gasteiger partial charge in [0, 0.05) is 0 Å². The Hall–Kier alpha value is -1.91. The van der Waals surface area contributed by atoms with Crippen molar-refractivity contribution in [2.75, 3.05) is 0 Å². The highest BCUT2D eigenvalue weighted by Gasteiger charge is 2.11. The molecule has 66 valence electrons. The van der Waals surface area contributed by atoms with Crippen LogP contribution >= 0.6 is 0 Å². The van der Waals surface area contributed by atoms with Gasteiger partial charge in [0.05, 0.1) is 11.8 Å². The van der Waals surface area contributed by atoms with Gasteiger partial charge in [0.25, 0.3) is 5.91 Å². The Bertz CT molecular complexity index is 474. The number of aryl methyl sites for hydroxylation is 1. The van der Waals surface area contributed by atoms with E-state index < -0.39 is 5.91 Å². The van der Waals surface area contributed by atoms with Gasteiger partial charge in [-0.15, -0.1) is 4.52 Å². The predicted molar refractivity (Wildman–Crippen MR) is 45.0 cm³/mol. The molecule has 3 N–H and O–H groups in total. The lowest BCUT2D eigenvalue weighted by Crippen LogP contribution is -2.27. The summed E-state index contributed by atoms with van der Waals surface area (Å²) < 4.78 is 1.66. The fourth-order valence-electron chi connectivity index (χ4n) is 1.18. The molecule has 0 radical (unpaired) electrons. The Morgan fingerprint density at radius 1 is 1.69 bits per heavy atom. The van der Waals surface area contributed by atoms with E-state index in [0.717, 1.165) is 11.3 Å². The van der Waals surface area contributed by atoms with Crippen LogP contribution in [0.15, 0.2) is 18.5 Å². The van der Waals surface area contributed by atoms with E-state index in [-0.39, 0.29) is 0 Å². The van der Waals surface area contributed by atoms with Gasteiger partial charge in [0.1, 0.15) is 11.8 Å². The number of rotatable bonds is 1. The van der Waals surface area contributed by atoms with Crippen molar-refractivity contribution in [2.45, 2.75) is 6.92 Å². The quantitative estimate of drug-likeness (QED) is 0.579. The molecule has 0 fully saturated rings. The molecule has 0 bridgehead atoms. The summed E-state index contributed by atoms with van der Waals surface area (Å²) in [5, 5.41) is 3.00. The second-order valence-corrected chi connectivity index (χ2v) is 2.87. The number of aromatic amines is 1. The van der Waals surface area contributed by atoms with Gasteiger partial charge in [-0.3, -0.25) is 4.79 Å². The molecule has 2 rings (SSSR count). The molecule has 0 unspecified atom stereocenters. The third-order valence-corrected chi connectivity index (χ3v) is 1.78. The molecule has 1 amide bonds. The number of primary amides is 1. The minimum Gasteiger partial charge on any atom is -0.365 e. The molecule has 2 aromatic heterocycles. The molecule has 5 nitrogen and oxygen atoms in total. The summed E-state index contributed by atoms with van der Waals surface area (Å²) in [6.07, 6.45) is 3.09. The van der Waals surface area contributed by atoms with Gasteiger partial charge in [-0.2, -0.15) is 0 Å². The molecule has 0 spiro atoms. The molecule has 2 aromatic rings. The van der Waals surface area contributed by atoms with Crippen molar-refractivity contribution in [1.82, 2.24) is 10.1 Å². The second kappa shape index (κ2) is 2.55. The topological polar surface area (TPSA) is 75.9 Å². The van der Waals surface area contributed by atoms with Gasteiger partial charge >= 0.3 is 5.65 Å². The zero-order valence-corrected chi connectivity index (χ0v) is 7.11. The first kappa shape index (κ1) is 7.72. The first-order chi connectivity index (χ1) is 6.16. The standard InChI is InChI=1S/C8H8N4O/c1-5-2-7-10-3-6(8(9)13)4-12(7)11-5/h2-4H,1H3,(H2,9,13)/p+1. The summed E-state index contributed by atoms with van der Waals surface area (Å²) in [5.41, 5.74) is 7.24. The number of hydrogen-bond donors (Lipinski definition) is 2. The lowest BCUT2D eigenvalue weighted by atomic mass is 10.3. The number of nitrogens with zero attached hydrogens (tertiary/aromatic N) is 2. The highest BCUT2D eigenvalue weighted by Crippen LogP contribution is 1.97. The molecule has 0 aliphatic heterocycles. The first-order valence-corrected chi connectivity index (χ1v) is 3.83. The third-order valence-electron chi connectivity index (χ3n) is 1.78. The number of aromatic nitrogens is 3. The minimum atomic E-state index is -0.478. The van der Waals surface area contributed by atoms with Gasteiger partial charge in [0.15, 0.2) is 6.20 Å². The highest BCUT2D eigenvalue weighted by atomic mass is 16.1. The maximum Gasteiger partial charge on any atom is 0.348 e. The fourth-order valence-corrected chi connectivity index (χ4v) is 1.18. The number of nitrogens with one attached hydrogen (secondary N) is 1. The van der Waals surface area contributed by atoms with Crippen LogP contribution in [0.25, 0.3) is 5.65 Å². The second-order valence-electron chi connectivity index (χ2n) is 2.87. The van der Waals surface area contributed by atoms with E-state index in [4.69, 9.17) is 5.73 Å². The predicted octanol–water partition coefficient (Wildman–Crippen LogP) is -0.444. The summed E-state index contributed by atoms with van der Waals surface area (Å²) in [7, 11) is 0. The van der Waals surface area contributed by atoms with E-state index in [1.807, 2.05) is 13.0 Å². The van der Waals surface area contributed by atoms with Crippen molar-refractivity contribution in [3.63, 3.8) is 0 Å². The number of amides is 1. The van der Waals surface area contributed by atoms with Crippen LogP contribution in [-0.4, -0.2) is 16.0 Å². The summed E-state index contributed by atoms with van der Waals surface area (Å²) >= 11 is 0. The van der Waals surface area contributed by atoms with Crippen LogP contribution in [0.3, 0.4) is 0 Å². The average Bonchev–Trinajstić information content (AvgIpc) is 2.42. The van der Waals surface area contributed by atoms with Crippen LogP contribution in [0, 0.1) is 6.92 Å². The monoisotopic (exact) mass is 177 g/mol. The maximum absolute atomic E-state index is 10.8. The molecule has 0 aliphatic rings. The molecule has 13 heavy (non-hydrogen) atoms. The van der Waals surface area contributed by atoms with E-state index in [9.17, 15) is 4.79 Å². The zero-order valence-electron chi connectivity index (χ0n) is 7.11. The van der Waals surface area contributed by atoms with Crippen molar-refractivity contribution in [3.8, 4) is 0 Å². The molecule has 0 atom stereocenters. The van der Waals surface area contributed by atoms with E-state index in [2.05, 4.69) is 10.1 Å². The van der Waals surface area contributed by atoms with Gasteiger partial charge < -0.3 is 5.73 Å². The van der Waals surface area contributed by atoms with Crippen LogP contribution in [0.4, 0.5) is 0 Å². The van der Waals surface area contributed by atoms with Crippen molar-refractivity contribution in [2.24, 2.45) is 5.73 Å². The molecular weight excluding hydrogens is 168 g/mol. The number of carbonyl (C=O) groups excluding carboxylic acids is 1. The summed E-state index contributed by atoms with van der Waals surface area (Å²) in [5.74, 6) is -0.478. The van der Waals surface area contributed by atoms with Crippen molar-refractivity contribution >= 4 is 11.6 Å². The minimum absolute atomic E-state index is 0.388. The lowest BCUT2D eigenvalue weighted by molar-refractivity contribution is -0.579. The molecule has 0 aromatic carbocycles. The van der Waals surface area contributed by atoms with E-state index in [1.165, 1.54) is 6.20 Å². The molecule has 5 heteroatoms. The van der Waals surface area contributed by atoms with Crippen molar-refractivity contribution in [3.05, 3.63) is 29.7 Å². The molecule has 0 saturated carbocycles. The van der Waals surface area contributed by atoms with E-state index in [0.29, 0.717) is 5.56 Å². The van der Waals surface area contributed by atoms with Crippen molar-refractivity contribution < 1.29 is 9.31 Å².